The van der Waals surface area contributed by atoms with Gasteiger partial charge in [0.1, 0.15) is 0 Å². The summed E-state index contributed by atoms with van der Waals surface area (Å²) in [5.41, 5.74) is 5.02. The maximum atomic E-state index is 11.0. The summed E-state index contributed by atoms with van der Waals surface area (Å²) in [5, 5.41) is 11.0. The van der Waals surface area contributed by atoms with Crippen LogP contribution in [0.2, 0.25) is 0 Å². The molecule has 0 amide bonds. The van der Waals surface area contributed by atoms with Crippen LogP contribution in [0.25, 0.3) is 0 Å². The molecule has 3 N–H and O–H groups in total. The summed E-state index contributed by atoms with van der Waals surface area (Å²) in [6.07, 6.45) is 6.78. The van der Waals surface area contributed by atoms with Crippen molar-refractivity contribution in [1.29, 1.82) is 0 Å². The molecular weight excluding hydrogens is 226 g/mol. The van der Waals surface area contributed by atoms with Crippen LogP contribution in [0, 0.1) is 11.3 Å². The molecule has 2 fully saturated rings. The molecular formula is C15H29NO2. The van der Waals surface area contributed by atoms with Gasteiger partial charge in [-0.05, 0) is 37.0 Å². The highest BCUT2D eigenvalue weighted by molar-refractivity contribution is 5.02. The van der Waals surface area contributed by atoms with Crippen molar-refractivity contribution in [2.75, 3.05) is 13.2 Å². The second kappa shape index (κ2) is 4.77. The number of rotatable bonds is 2. The maximum Gasteiger partial charge on any atom is 0.0847 e. The van der Waals surface area contributed by atoms with Crippen LogP contribution in [-0.2, 0) is 4.74 Å². The fourth-order valence-corrected chi connectivity index (χ4v) is 3.89. The molecule has 18 heavy (non-hydrogen) atoms. The first-order valence-electron chi connectivity index (χ1n) is 7.39. The smallest absolute Gasteiger partial charge is 0.0847 e. The first-order valence-corrected chi connectivity index (χ1v) is 7.39. The number of nitrogens with two attached hydrogens (primary N) is 1. The topological polar surface area (TPSA) is 55.5 Å². The predicted octanol–water partition coefficient (Wildman–Crippen LogP) is 2.46. The van der Waals surface area contributed by atoms with Crippen molar-refractivity contribution in [3.05, 3.63) is 0 Å². The van der Waals surface area contributed by atoms with Gasteiger partial charge in [0.15, 0.2) is 0 Å². The van der Waals surface area contributed by atoms with E-state index in [0.29, 0.717) is 6.54 Å². The van der Waals surface area contributed by atoms with Gasteiger partial charge in [-0.15, -0.1) is 0 Å². The normalized spacial score (nSPS) is 31.5. The van der Waals surface area contributed by atoms with E-state index in [9.17, 15) is 5.11 Å². The molecule has 106 valence electrons. The van der Waals surface area contributed by atoms with E-state index in [1.165, 1.54) is 12.8 Å². The van der Waals surface area contributed by atoms with Crippen LogP contribution in [0.3, 0.4) is 0 Å². The Bertz CT molecular complexity index is 291. The zero-order valence-corrected chi connectivity index (χ0v) is 12.2. The molecule has 2 rings (SSSR count). The van der Waals surface area contributed by atoms with Crippen molar-refractivity contribution in [3.63, 3.8) is 0 Å². The molecule has 0 aromatic rings. The van der Waals surface area contributed by atoms with E-state index in [1.54, 1.807) is 0 Å². The predicted molar refractivity (Wildman–Crippen MR) is 73.3 cm³/mol. The van der Waals surface area contributed by atoms with E-state index < -0.39 is 5.60 Å². The molecule has 3 heteroatoms. The van der Waals surface area contributed by atoms with Crippen LogP contribution in [0.4, 0.5) is 0 Å². The maximum absolute atomic E-state index is 11.0. The first kappa shape index (κ1) is 14.3. The van der Waals surface area contributed by atoms with E-state index in [1.807, 2.05) is 0 Å². The number of aliphatic hydroxyl groups is 1. The van der Waals surface area contributed by atoms with E-state index in [-0.39, 0.29) is 16.9 Å². The van der Waals surface area contributed by atoms with Crippen LogP contribution in [0.1, 0.15) is 59.3 Å². The summed E-state index contributed by atoms with van der Waals surface area (Å²) < 4.78 is 6.06. The van der Waals surface area contributed by atoms with E-state index in [2.05, 4.69) is 20.8 Å². The summed E-state index contributed by atoms with van der Waals surface area (Å²) in [6, 6.07) is 0. The van der Waals surface area contributed by atoms with E-state index in [4.69, 9.17) is 10.5 Å². The Kier molecular flexibility index (Phi) is 3.79. The second-order valence-corrected chi connectivity index (χ2v) is 7.31. The molecule has 1 aliphatic carbocycles. The summed E-state index contributed by atoms with van der Waals surface area (Å²) in [6.45, 7) is 7.41. The Hall–Kier alpha value is -0.120. The van der Waals surface area contributed by atoms with E-state index >= 15 is 0 Å². The summed E-state index contributed by atoms with van der Waals surface area (Å²) >= 11 is 0. The minimum Gasteiger partial charge on any atom is -0.388 e. The molecule has 2 aliphatic rings. The zero-order valence-electron chi connectivity index (χ0n) is 12.2. The largest absolute Gasteiger partial charge is 0.388 e. The third kappa shape index (κ3) is 2.33. The van der Waals surface area contributed by atoms with Gasteiger partial charge in [0.2, 0.25) is 0 Å². The summed E-state index contributed by atoms with van der Waals surface area (Å²) in [5.74, 6) is 0.273. The average molecular weight is 255 g/mol. The Morgan fingerprint density at radius 2 is 1.89 bits per heavy atom. The Morgan fingerprint density at radius 3 is 2.39 bits per heavy atom. The van der Waals surface area contributed by atoms with Crippen molar-refractivity contribution in [2.45, 2.75) is 70.5 Å². The number of hydrogen-bond acceptors (Lipinski definition) is 3. The Balaban J connectivity index is 2.17. The molecule has 0 bridgehead atoms. The lowest BCUT2D eigenvalue weighted by atomic mass is 9.64. The highest BCUT2D eigenvalue weighted by Gasteiger charge is 2.51. The second-order valence-electron chi connectivity index (χ2n) is 7.31. The van der Waals surface area contributed by atoms with Crippen molar-refractivity contribution in [2.24, 2.45) is 17.1 Å². The van der Waals surface area contributed by atoms with Crippen LogP contribution in [0.15, 0.2) is 0 Å². The van der Waals surface area contributed by atoms with Gasteiger partial charge in [-0.3, -0.25) is 0 Å². The van der Waals surface area contributed by atoms with Gasteiger partial charge >= 0.3 is 0 Å². The number of hydrogen-bond donors (Lipinski definition) is 2. The van der Waals surface area contributed by atoms with Gasteiger partial charge in [0.25, 0.3) is 0 Å². The van der Waals surface area contributed by atoms with Gasteiger partial charge < -0.3 is 15.6 Å². The minimum atomic E-state index is -0.771. The SMILES string of the molecule is CC(C)(C)C(O)(CN)C1CCOC2(CCCC2)C1. The van der Waals surface area contributed by atoms with Gasteiger partial charge in [-0.1, -0.05) is 33.6 Å². The molecule has 0 radical (unpaired) electrons. The van der Waals surface area contributed by atoms with Crippen molar-refractivity contribution >= 4 is 0 Å². The van der Waals surface area contributed by atoms with Gasteiger partial charge in [0.05, 0.1) is 11.2 Å². The summed E-state index contributed by atoms with van der Waals surface area (Å²) in [4.78, 5) is 0. The lowest BCUT2D eigenvalue weighted by Crippen LogP contribution is -2.58. The average Bonchev–Trinajstić information content (AvgIpc) is 2.74. The third-order valence-corrected chi connectivity index (χ3v) is 5.29. The van der Waals surface area contributed by atoms with E-state index in [0.717, 1.165) is 32.3 Å². The van der Waals surface area contributed by atoms with Gasteiger partial charge in [-0.25, -0.2) is 0 Å². The molecule has 2 unspecified atom stereocenters. The summed E-state index contributed by atoms with van der Waals surface area (Å²) in [7, 11) is 0. The quantitative estimate of drug-likeness (QED) is 0.797. The van der Waals surface area contributed by atoms with Crippen LogP contribution >= 0.6 is 0 Å². The number of ether oxygens (including phenoxy) is 1. The Morgan fingerprint density at radius 1 is 1.28 bits per heavy atom. The highest BCUT2D eigenvalue weighted by Crippen LogP contribution is 2.48. The van der Waals surface area contributed by atoms with Crippen molar-refractivity contribution < 1.29 is 9.84 Å². The third-order valence-electron chi connectivity index (χ3n) is 5.29. The van der Waals surface area contributed by atoms with Crippen LogP contribution in [-0.4, -0.2) is 29.5 Å². The molecule has 3 nitrogen and oxygen atoms in total. The Labute approximate surface area is 111 Å². The van der Waals surface area contributed by atoms with Crippen LogP contribution < -0.4 is 5.73 Å². The highest BCUT2D eigenvalue weighted by atomic mass is 16.5. The molecule has 0 aromatic heterocycles. The molecule has 1 aliphatic heterocycles. The minimum absolute atomic E-state index is 0.0529. The molecule has 2 atom stereocenters. The van der Waals surface area contributed by atoms with Crippen molar-refractivity contribution in [1.82, 2.24) is 0 Å². The van der Waals surface area contributed by atoms with Gasteiger partial charge in [0, 0.05) is 13.2 Å². The first-order chi connectivity index (χ1) is 8.33. The van der Waals surface area contributed by atoms with Crippen molar-refractivity contribution in [3.8, 4) is 0 Å². The molecule has 1 saturated heterocycles. The monoisotopic (exact) mass is 255 g/mol. The van der Waals surface area contributed by atoms with Gasteiger partial charge in [-0.2, -0.15) is 0 Å². The fourth-order valence-electron chi connectivity index (χ4n) is 3.89. The molecule has 1 saturated carbocycles. The fraction of sp³-hybridized carbons (Fsp3) is 1.00. The molecule has 0 aromatic carbocycles. The lowest BCUT2D eigenvalue weighted by molar-refractivity contribution is -0.168. The van der Waals surface area contributed by atoms with Crippen LogP contribution in [0.5, 0.6) is 0 Å². The molecule has 1 heterocycles. The molecule has 1 spiro atoms. The zero-order chi connectivity index (χ0) is 13.4. The lowest BCUT2D eigenvalue weighted by Gasteiger charge is -2.50. The standard InChI is InChI=1S/C15H29NO2/c1-13(2,3)15(17,11-16)12-6-9-18-14(10-12)7-4-5-8-14/h12,17H,4-11,16H2,1-3H3.